The van der Waals surface area contributed by atoms with Gasteiger partial charge in [0.05, 0.1) is 0 Å². The SMILES string of the molecule is O=BCN[C@H]1CN(Cc2ccccc2)C[C@@H]1CCO. The summed E-state index contributed by atoms with van der Waals surface area (Å²) in [5.74, 6) is 0.425. The maximum absolute atomic E-state index is 10.5. The van der Waals surface area contributed by atoms with Gasteiger partial charge in [0, 0.05) is 0 Å². The predicted octanol–water partition coefficient (Wildman–Crippen LogP) is 0.466. The molecule has 0 aliphatic carbocycles. The first kappa shape index (κ1) is 14.4. The van der Waals surface area contributed by atoms with E-state index in [1.807, 2.05) is 6.07 Å². The van der Waals surface area contributed by atoms with Gasteiger partial charge in [-0.25, -0.2) is 0 Å². The molecule has 4 nitrogen and oxygen atoms in total. The molecule has 0 unspecified atom stereocenters. The third-order valence-electron chi connectivity index (χ3n) is 3.73. The van der Waals surface area contributed by atoms with Gasteiger partial charge in [0.1, 0.15) is 0 Å². The van der Waals surface area contributed by atoms with Crippen LogP contribution < -0.4 is 5.32 Å². The Balaban J connectivity index is 1.91. The fraction of sp³-hybridized carbons (Fsp3) is 0.571. The number of nitrogens with one attached hydrogen (secondary N) is 1. The second-order valence-corrected chi connectivity index (χ2v) is 5.13. The Bertz CT molecular complexity index is 388. The molecular weight excluding hydrogens is 239 g/mol. The summed E-state index contributed by atoms with van der Waals surface area (Å²) in [4.78, 5) is 2.39. The molecule has 1 saturated heterocycles. The standard InChI is InChI=1S/C14H21BN2O2/c18-7-6-13-9-17(10-14(13)16-11-15-19)8-12-4-2-1-3-5-12/h1-5,13-14,16,18H,6-11H2/t13-,14-/m0/s1. The van der Waals surface area contributed by atoms with Crippen LogP contribution in [0.25, 0.3) is 0 Å². The van der Waals surface area contributed by atoms with Crippen LogP contribution in [-0.2, 0) is 11.2 Å². The van der Waals surface area contributed by atoms with Crippen molar-refractivity contribution >= 4 is 7.15 Å². The van der Waals surface area contributed by atoms with Crippen LogP contribution >= 0.6 is 0 Å². The topological polar surface area (TPSA) is 52.6 Å². The van der Waals surface area contributed by atoms with Crippen molar-refractivity contribution in [2.45, 2.75) is 19.0 Å². The van der Waals surface area contributed by atoms with Crippen molar-refractivity contribution in [1.82, 2.24) is 10.2 Å². The third kappa shape index (κ3) is 4.23. The van der Waals surface area contributed by atoms with Gasteiger partial charge in [-0.1, -0.05) is 0 Å². The van der Waals surface area contributed by atoms with Crippen molar-refractivity contribution in [3.05, 3.63) is 35.9 Å². The van der Waals surface area contributed by atoms with E-state index in [9.17, 15) is 4.70 Å². The van der Waals surface area contributed by atoms with E-state index in [4.69, 9.17) is 5.11 Å². The van der Waals surface area contributed by atoms with E-state index in [0.717, 1.165) is 33.2 Å². The molecule has 1 aliphatic heterocycles. The summed E-state index contributed by atoms with van der Waals surface area (Å²) in [6.07, 6.45) is 1.19. The first-order valence-electron chi connectivity index (χ1n) is 6.87. The second-order valence-electron chi connectivity index (χ2n) is 5.13. The van der Waals surface area contributed by atoms with E-state index in [1.165, 1.54) is 5.56 Å². The van der Waals surface area contributed by atoms with Crippen LogP contribution in [0.1, 0.15) is 12.0 Å². The summed E-state index contributed by atoms with van der Waals surface area (Å²) in [5, 5.41) is 12.4. The van der Waals surface area contributed by atoms with Crippen molar-refractivity contribution < 1.29 is 9.81 Å². The van der Waals surface area contributed by atoms with Crippen LogP contribution in [0.5, 0.6) is 0 Å². The Morgan fingerprint density at radius 2 is 2.11 bits per heavy atom. The van der Waals surface area contributed by atoms with E-state index in [1.54, 1.807) is 0 Å². The first-order chi connectivity index (χ1) is 9.33. The molecule has 2 N–H and O–H groups in total. The number of aliphatic hydroxyl groups excluding tert-OH is 1. The molecule has 19 heavy (non-hydrogen) atoms. The van der Waals surface area contributed by atoms with Gasteiger partial charge >= 0.3 is 114 Å². The summed E-state index contributed by atoms with van der Waals surface area (Å²) in [6, 6.07) is 10.7. The van der Waals surface area contributed by atoms with Gasteiger partial charge in [-0.15, -0.1) is 0 Å². The Labute approximate surface area is 115 Å². The van der Waals surface area contributed by atoms with Gasteiger partial charge in [0.25, 0.3) is 0 Å². The van der Waals surface area contributed by atoms with Gasteiger partial charge in [-0.3, -0.25) is 0 Å². The minimum absolute atomic E-state index is 0.211. The molecule has 1 aromatic carbocycles. The van der Waals surface area contributed by atoms with E-state index < -0.39 is 0 Å². The Morgan fingerprint density at radius 1 is 1.32 bits per heavy atom. The number of likely N-dealkylation sites (tertiary alicyclic amines) is 1. The fourth-order valence-corrected chi connectivity index (χ4v) is 2.82. The molecule has 1 aliphatic rings. The van der Waals surface area contributed by atoms with Crippen molar-refractivity contribution in [1.29, 1.82) is 0 Å². The zero-order valence-electron chi connectivity index (χ0n) is 11.2. The molecule has 1 aromatic rings. The molecule has 102 valence electrons. The molecule has 2 rings (SSSR count). The Morgan fingerprint density at radius 3 is 2.79 bits per heavy atom. The summed E-state index contributed by atoms with van der Waals surface area (Å²) < 4.78 is 10.5. The van der Waals surface area contributed by atoms with Crippen LogP contribution in [0, 0.1) is 5.92 Å². The van der Waals surface area contributed by atoms with Crippen LogP contribution in [0.3, 0.4) is 0 Å². The summed E-state index contributed by atoms with van der Waals surface area (Å²) in [6.45, 7) is 3.06. The van der Waals surface area contributed by atoms with Crippen LogP contribution in [0.4, 0.5) is 0 Å². The maximum atomic E-state index is 10.5. The zero-order chi connectivity index (χ0) is 13.5. The number of rotatable bonds is 7. The molecule has 0 bridgehead atoms. The van der Waals surface area contributed by atoms with Gasteiger partial charge in [0.15, 0.2) is 0 Å². The van der Waals surface area contributed by atoms with E-state index in [-0.39, 0.29) is 6.61 Å². The second kappa shape index (κ2) is 7.53. The average Bonchev–Trinajstić information content (AvgIpc) is 2.80. The zero-order valence-corrected chi connectivity index (χ0v) is 11.2. The van der Waals surface area contributed by atoms with E-state index >= 15 is 0 Å². The monoisotopic (exact) mass is 260 g/mol. The molecule has 0 saturated carbocycles. The molecular formula is C14H21BN2O2. The number of hydrogen-bond donors (Lipinski definition) is 2. The van der Waals surface area contributed by atoms with Crippen molar-refractivity contribution in [3.8, 4) is 0 Å². The Hall–Kier alpha value is -1.04. The number of nitrogens with zero attached hydrogens (tertiary/aromatic N) is 1. The van der Waals surface area contributed by atoms with Gasteiger partial charge in [-0.05, 0) is 0 Å². The summed E-state index contributed by atoms with van der Waals surface area (Å²) in [7, 11) is 0.899. The number of hydrogen-bond acceptors (Lipinski definition) is 4. The minimum atomic E-state index is 0.211. The summed E-state index contributed by atoms with van der Waals surface area (Å²) in [5.41, 5.74) is 1.31. The average molecular weight is 260 g/mol. The predicted molar refractivity (Wildman–Crippen MR) is 75.1 cm³/mol. The first-order valence-corrected chi connectivity index (χ1v) is 6.87. The van der Waals surface area contributed by atoms with Gasteiger partial charge in [0.2, 0.25) is 0 Å². The van der Waals surface area contributed by atoms with E-state index in [0.29, 0.717) is 18.4 Å². The molecule has 2 atom stereocenters. The third-order valence-corrected chi connectivity index (χ3v) is 3.73. The van der Waals surface area contributed by atoms with Crippen LogP contribution in [0.2, 0.25) is 0 Å². The van der Waals surface area contributed by atoms with Crippen molar-refractivity contribution in [2.75, 3.05) is 26.1 Å². The van der Waals surface area contributed by atoms with Crippen molar-refractivity contribution in [3.63, 3.8) is 0 Å². The number of aliphatic hydroxyl groups is 1. The van der Waals surface area contributed by atoms with Crippen LogP contribution in [-0.4, -0.2) is 49.3 Å². The molecule has 0 spiro atoms. The van der Waals surface area contributed by atoms with Crippen LogP contribution in [0.15, 0.2) is 30.3 Å². The molecule has 0 aromatic heterocycles. The normalized spacial score (nSPS) is 23.4. The molecule has 1 fully saturated rings. The molecule has 0 radical (unpaired) electrons. The summed E-state index contributed by atoms with van der Waals surface area (Å²) >= 11 is 0. The molecule has 5 heteroatoms. The quantitative estimate of drug-likeness (QED) is 0.700. The Kier molecular flexibility index (Phi) is 5.70. The van der Waals surface area contributed by atoms with Gasteiger partial charge in [-0.2, -0.15) is 0 Å². The molecule has 1 heterocycles. The molecule has 0 amide bonds. The fourth-order valence-electron chi connectivity index (χ4n) is 2.82. The number of benzene rings is 1. The van der Waals surface area contributed by atoms with E-state index in [2.05, 4.69) is 34.5 Å². The van der Waals surface area contributed by atoms with Gasteiger partial charge < -0.3 is 0 Å². The van der Waals surface area contributed by atoms with Crippen molar-refractivity contribution in [2.24, 2.45) is 5.92 Å².